The lowest BCUT2D eigenvalue weighted by Gasteiger charge is -2.03. The minimum absolute atomic E-state index is 0.148. The lowest BCUT2D eigenvalue weighted by atomic mass is 10.2. The van der Waals surface area contributed by atoms with Gasteiger partial charge in [0.25, 0.3) is 5.91 Å². The number of carbonyl (C=O) groups excluding carboxylic acids is 1. The van der Waals surface area contributed by atoms with E-state index in [1.54, 1.807) is 7.11 Å². The van der Waals surface area contributed by atoms with Crippen LogP contribution in [0.15, 0.2) is 64.5 Å². The van der Waals surface area contributed by atoms with Crippen molar-refractivity contribution in [1.29, 1.82) is 0 Å². The van der Waals surface area contributed by atoms with Gasteiger partial charge in [-0.1, -0.05) is 36.4 Å². The number of aliphatic imine (C=N–C) groups is 1. The third kappa shape index (κ3) is 3.20. The number of amidine groups is 1. The number of nitrogens with one attached hydrogen (secondary N) is 1. The second-order valence-corrected chi connectivity index (χ2v) is 5.59. The molecule has 5 heteroatoms. The first-order valence-electron chi connectivity index (χ1n) is 6.74. The Morgan fingerprint density at radius 1 is 1.09 bits per heavy atom. The van der Waals surface area contributed by atoms with Gasteiger partial charge in [0.1, 0.15) is 5.75 Å². The van der Waals surface area contributed by atoms with Gasteiger partial charge in [-0.25, -0.2) is 4.99 Å². The van der Waals surface area contributed by atoms with Crippen molar-refractivity contribution >= 4 is 34.6 Å². The van der Waals surface area contributed by atoms with Crippen molar-refractivity contribution in [3.8, 4) is 5.75 Å². The summed E-state index contributed by atoms with van der Waals surface area (Å²) in [4.78, 5) is 17.1. The molecule has 0 atom stereocenters. The second kappa shape index (κ2) is 6.49. The smallest absolute Gasteiger partial charge is 0.264 e. The molecule has 1 saturated heterocycles. The molecule has 0 aromatic heterocycles. The maximum absolute atomic E-state index is 12.1. The van der Waals surface area contributed by atoms with Crippen LogP contribution in [0.2, 0.25) is 0 Å². The zero-order chi connectivity index (χ0) is 15.4. The summed E-state index contributed by atoms with van der Waals surface area (Å²) in [5.41, 5.74) is 1.67. The van der Waals surface area contributed by atoms with E-state index in [-0.39, 0.29) is 5.91 Å². The molecule has 1 aliphatic rings. The van der Waals surface area contributed by atoms with Crippen LogP contribution in [-0.4, -0.2) is 18.2 Å². The maximum Gasteiger partial charge on any atom is 0.264 e. The van der Waals surface area contributed by atoms with Crippen LogP contribution in [0.3, 0.4) is 0 Å². The van der Waals surface area contributed by atoms with Crippen LogP contribution < -0.4 is 10.1 Å². The van der Waals surface area contributed by atoms with Crippen molar-refractivity contribution in [3.63, 3.8) is 0 Å². The first kappa shape index (κ1) is 14.4. The van der Waals surface area contributed by atoms with Crippen LogP contribution in [-0.2, 0) is 4.79 Å². The molecule has 0 saturated carbocycles. The molecule has 2 aromatic carbocycles. The number of hydrogen-bond acceptors (Lipinski definition) is 4. The number of para-hydroxylation sites is 2. The summed E-state index contributed by atoms with van der Waals surface area (Å²) in [6.07, 6.45) is 1.81. The molecule has 0 bridgehead atoms. The molecule has 2 aromatic rings. The summed E-state index contributed by atoms with van der Waals surface area (Å²) in [5.74, 6) is 0.586. The van der Waals surface area contributed by atoms with Gasteiger partial charge < -0.3 is 10.1 Å². The predicted octanol–water partition coefficient (Wildman–Crippen LogP) is 3.59. The zero-order valence-electron chi connectivity index (χ0n) is 11.9. The van der Waals surface area contributed by atoms with Crippen LogP contribution >= 0.6 is 11.8 Å². The van der Waals surface area contributed by atoms with Crippen LogP contribution in [0.5, 0.6) is 5.75 Å². The number of hydrogen-bond donors (Lipinski definition) is 1. The highest BCUT2D eigenvalue weighted by molar-refractivity contribution is 8.18. The highest BCUT2D eigenvalue weighted by atomic mass is 32.2. The van der Waals surface area contributed by atoms with E-state index in [9.17, 15) is 4.79 Å². The van der Waals surface area contributed by atoms with E-state index < -0.39 is 0 Å². The highest BCUT2D eigenvalue weighted by Crippen LogP contribution is 2.30. The number of rotatable bonds is 3. The summed E-state index contributed by atoms with van der Waals surface area (Å²) in [5, 5.41) is 3.36. The van der Waals surface area contributed by atoms with E-state index in [0.29, 0.717) is 10.1 Å². The molecule has 0 radical (unpaired) electrons. The van der Waals surface area contributed by atoms with Gasteiger partial charge in [0.15, 0.2) is 5.17 Å². The van der Waals surface area contributed by atoms with E-state index in [1.807, 2.05) is 60.7 Å². The predicted molar refractivity (Wildman–Crippen MR) is 90.2 cm³/mol. The molecule has 0 unspecified atom stereocenters. The van der Waals surface area contributed by atoms with Gasteiger partial charge in [-0.15, -0.1) is 0 Å². The summed E-state index contributed by atoms with van der Waals surface area (Å²) < 4.78 is 5.30. The number of thioether (sulfide) groups is 1. The van der Waals surface area contributed by atoms with Crippen molar-refractivity contribution in [3.05, 3.63) is 65.1 Å². The summed E-state index contributed by atoms with van der Waals surface area (Å²) in [6.45, 7) is 0. The van der Waals surface area contributed by atoms with Crippen LogP contribution in [0.4, 0.5) is 5.69 Å². The second-order valence-electron chi connectivity index (χ2n) is 4.56. The lowest BCUT2D eigenvalue weighted by Crippen LogP contribution is -2.19. The normalized spacial score (nSPS) is 17.8. The molecule has 1 aliphatic heterocycles. The Kier molecular flexibility index (Phi) is 4.25. The van der Waals surface area contributed by atoms with E-state index in [0.717, 1.165) is 17.0 Å². The van der Waals surface area contributed by atoms with Gasteiger partial charge in [-0.2, -0.15) is 0 Å². The Morgan fingerprint density at radius 2 is 1.82 bits per heavy atom. The van der Waals surface area contributed by atoms with Crippen molar-refractivity contribution in [1.82, 2.24) is 5.32 Å². The zero-order valence-corrected chi connectivity index (χ0v) is 12.8. The number of methoxy groups -OCH3 is 1. The minimum atomic E-state index is -0.148. The minimum Gasteiger partial charge on any atom is -0.496 e. The van der Waals surface area contributed by atoms with Gasteiger partial charge in [-0.3, -0.25) is 4.79 Å². The molecule has 4 nitrogen and oxygen atoms in total. The summed E-state index contributed by atoms with van der Waals surface area (Å²) >= 11 is 1.32. The molecule has 110 valence electrons. The average Bonchev–Trinajstić information content (AvgIpc) is 2.88. The quantitative estimate of drug-likeness (QED) is 0.882. The molecule has 0 spiro atoms. The van der Waals surface area contributed by atoms with Crippen molar-refractivity contribution in [2.24, 2.45) is 4.99 Å². The first-order valence-corrected chi connectivity index (χ1v) is 7.55. The van der Waals surface area contributed by atoms with Crippen LogP contribution in [0.25, 0.3) is 6.08 Å². The van der Waals surface area contributed by atoms with Crippen molar-refractivity contribution in [2.45, 2.75) is 0 Å². The molecule has 1 amide bonds. The summed E-state index contributed by atoms with van der Waals surface area (Å²) in [6, 6.07) is 17.1. The molecule has 1 heterocycles. The highest BCUT2D eigenvalue weighted by Gasteiger charge is 2.24. The fraction of sp³-hybridized carbons (Fsp3) is 0.0588. The third-order valence-corrected chi connectivity index (χ3v) is 3.97. The fourth-order valence-electron chi connectivity index (χ4n) is 2.03. The van der Waals surface area contributed by atoms with Crippen molar-refractivity contribution < 1.29 is 9.53 Å². The van der Waals surface area contributed by atoms with Gasteiger partial charge in [0.05, 0.1) is 17.7 Å². The number of carbonyl (C=O) groups is 1. The standard InChI is InChI=1S/C17H14N2O2S/c1-21-14-10-6-5-7-12(14)11-15-16(20)19-17(22-15)18-13-8-3-2-4-9-13/h2-11H,1H3,(H,18,19,20). The summed E-state index contributed by atoms with van der Waals surface area (Å²) in [7, 11) is 1.61. The molecule has 22 heavy (non-hydrogen) atoms. The van der Waals surface area contributed by atoms with Crippen LogP contribution in [0.1, 0.15) is 5.56 Å². The van der Waals surface area contributed by atoms with Crippen molar-refractivity contribution in [2.75, 3.05) is 7.11 Å². The number of benzene rings is 2. The van der Waals surface area contributed by atoms with Gasteiger partial charge in [0.2, 0.25) is 0 Å². The SMILES string of the molecule is COc1ccccc1C=C1SC(=Nc2ccccc2)NC1=O. The van der Waals surface area contributed by atoms with Gasteiger partial charge in [0, 0.05) is 5.56 Å². The Morgan fingerprint density at radius 3 is 2.59 bits per heavy atom. The van der Waals surface area contributed by atoms with Gasteiger partial charge in [-0.05, 0) is 36.0 Å². The van der Waals surface area contributed by atoms with E-state index in [1.165, 1.54) is 11.8 Å². The van der Waals surface area contributed by atoms with Crippen LogP contribution in [0, 0.1) is 0 Å². The topological polar surface area (TPSA) is 50.7 Å². The molecule has 0 aliphatic carbocycles. The van der Waals surface area contributed by atoms with Gasteiger partial charge >= 0.3 is 0 Å². The molecule has 1 N–H and O–H groups in total. The molecular weight excluding hydrogens is 296 g/mol. The number of amides is 1. The average molecular weight is 310 g/mol. The van der Waals surface area contributed by atoms with E-state index in [4.69, 9.17) is 4.74 Å². The Balaban J connectivity index is 1.86. The first-order chi connectivity index (χ1) is 10.8. The molecule has 1 fully saturated rings. The van der Waals surface area contributed by atoms with E-state index in [2.05, 4.69) is 10.3 Å². The third-order valence-electron chi connectivity index (χ3n) is 3.06. The molecule has 3 rings (SSSR count). The monoisotopic (exact) mass is 310 g/mol. The number of nitrogens with zero attached hydrogens (tertiary/aromatic N) is 1. The number of ether oxygens (including phenoxy) is 1. The Hall–Kier alpha value is -2.53. The lowest BCUT2D eigenvalue weighted by molar-refractivity contribution is -0.115. The largest absolute Gasteiger partial charge is 0.496 e. The maximum atomic E-state index is 12.1. The Bertz CT molecular complexity index is 754. The Labute approximate surface area is 132 Å². The van der Waals surface area contributed by atoms with E-state index >= 15 is 0 Å². The molecular formula is C17H14N2O2S. The fourth-order valence-corrected chi connectivity index (χ4v) is 2.86.